The first kappa shape index (κ1) is 14.3. The van der Waals surface area contributed by atoms with Gasteiger partial charge in [0.2, 0.25) is 0 Å². The quantitative estimate of drug-likeness (QED) is 0.834. The van der Waals surface area contributed by atoms with Crippen LogP contribution < -0.4 is 5.73 Å². The van der Waals surface area contributed by atoms with Crippen LogP contribution in [0.4, 0.5) is 0 Å². The highest BCUT2D eigenvalue weighted by molar-refractivity contribution is 5.02. The lowest BCUT2D eigenvalue weighted by molar-refractivity contribution is 0.0291. The Hall–Kier alpha value is -0.0800. The second-order valence-electron chi connectivity index (χ2n) is 7.10. The van der Waals surface area contributed by atoms with E-state index in [1.165, 1.54) is 57.8 Å². The third kappa shape index (κ3) is 2.75. The van der Waals surface area contributed by atoms with Crippen LogP contribution in [0, 0.1) is 11.8 Å². The molecular formula is C16H32N2. The molecular weight excluding hydrogens is 220 g/mol. The molecule has 1 unspecified atom stereocenters. The molecule has 0 aliphatic heterocycles. The van der Waals surface area contributed by atoms with Gasteiger partial charge >= 0.3 is 0 Å². The fourth-order valence-corrected chi connectivity index (χ4v) is 4.27. The third-order valence-corrected chi connectivity index (χ3v) is 5.81. The molecule has 18 heavy (non-hydrogen) atoms. The summed E-state index contributed by atoms with van der Waals surface area (Å²) < 4.78 is 0. The first-order valence-corrected chi connectivity index (χ1v) is 7.99. The largest absolute Gasteiger partial charge is 0.326 e. The van der Waals surface area contributed by atoms with Crippen LogP contribution >= 0.6 is 0 Å². The number of hydrogen-bond acceptors (Lipinski definition) is 2. The maximum absolute atomic E-state index is 6.76. The zero-order valence-electron chi connectivity index (χ0n) is 12.6. The SMILES string of the molecule is CC1CCC(C(N)C2CCCCC2)(N(C)C)CC1. The second kappa shape index (κ2) is 5.92. The lowest BCUT2D eigenvalue weighted by Crippen LogP contribution is -2.61. The van der Waals surface area contributed by atoms with Gasteiger partial charge < -0.3 is 10.6 Å². The smallest absolute Gasteiger partial charge is 0.0357 e. The lowest BCUT2D eigenvalue weighted by Gasteiger charge is -2.51. The van der Waals surface area contributed by atoms with E-state index < -0.39 is 0 Å². The highest BCUT2D eigenvalue weighted by Crippen LogP contribution is 2.41. The average molecular weight is 252 g/mol. The molecule has 0 heterocycles. The van der Waals surface area contributed by atoms with Gasteiger partial charge in [0.25, 0.3) is 0 Å². The first-order chi connectivity index (χ1) is 8.56. The van der Waals surface area contributed by atoms with Crippen molar-refractivity contribution in [2.75, 3.05) is 14.1 Å². The van der Waals surface area contributed by atoms with Crippen molar-refractivity contribution in [1.29, 1.82) is 0 Å². The molecule has 0 radical (unpaired) electrons. The van der Waals surface area contributed by atoms with Gasteiger partial charge in [0.15, 0.2) is 0 Å². The highest BCUT2D eigenvalue weighted by atomic mass is 15.2. The zero-order valence-corrected chi connectivity index (χ0v) is 12.6. The normalized spacial score (nSPS) is 36.8. The Labute approximate surface area is 113 Å². The maximum atomic E-state index is 6.76. The van der Waals surface area contributed by atoms with Crippen molar-refractivity contribution in [1.82, 2.24) is 4.90 Å². The lowest BCUT2D eigenvalue weighted by atomic mass is 9.66. The summed E-state index contributed by atoms with van der Waals surface area (Å²) >= 11 is 0. The molecule has 106 valence electrons. The van der Waals surface area contributed by atoms with Gasteiger partial charge in [0.05, 0.1) is 0 Å². The van der Waals surface area contributed by atoms with Crippen LogP contribution in [0.2, 0.25) is 0 Å². The zero-order chi connectivity index (χ0) is 13.2. The summed E-state index contributed by atoms with van der Waals surface area (Å²) in [5, 5.41) is 0. The van der Waals surface area contributed by atoms with Crippen molar-refractivity contribution in [3.05, 3.63) is 0 Å². The summed E-state index contributed by atoms with van der Waals surface area (Å²) in [6, 6.07) is 0.389. The molecule has 0 spiro atoms. The van der Waals surface area contributed by atoms with Crippen LogP contribution in [0.3, 0.4) is 0 Å². The Morgan fingerprint density at radius 1 is 1.00 bits per heavy atom. The van der Waals surface area contributed by atoms with Gasteiger partial charge in [0.1, 0.15) is 0 Å². The Bertz CT molecular complexity index is 248. The highest BCUT2D eigenvalue weighted by Gasteiger charge is 2.44. The topological polar surface area (TPSA) is 29.3 Å². The molecule has 2 aliphatic rings. The van der Waals surface area contributed by atoms with Crippen molar-refractivity contribution in [2.24, 2.45) is 17.6 Å². The number of nitrogens with two attached hydrogens (primary N) is 1. The average Bonchev–Trinajstić information content (AvgIpc) is 2.40. The molecule has 2 nitrogen and oxygen atoms in total. The number of nitrogens with zero attached hydrogens (tertiary/aromatic N) is 1. The van der Waals surface area contributed by atoms with E-state index in [2.05, 4.69) is 25.9 Å². The minimum Gasteiger partial charge on any atom is -0.326 e. The van der Waals surface area contributed by atoms with Gasteiger partial charge in [0, 0.05) is 11.6 Å². The van der Waals surface area contributed by atoms with Crippen LogP contribution in [-0.2, 0) is 0 Å². The molecule has 2 aliphatic carbocycles. The number of rotatable bonds is 3. The van der Waals surface area contributed by atoms with E-state index in [4.69, 9.17) is 5.73 Å². The monoisotopic (exact) mass is 252 g/mol. The van der Waals surface area contributed by atoms with E-state index in [1.807, 2.05) is 0 Å². The predicted octanol–water partition coefficient (Wildman–Crippen LogP) is 3.40. The van der Waals surface area contributed by atoms with Gasteiger partial charge in [-0.05, 0) is 64.5 Å². The number of likely N-dealkylation sites (N-methyl/N-ethyl adjacent to an activating group) is 1. The molecule has 2 fully saturated rings. The first-order valence-electron chi connectivity index (χ1n) is 7.99. The van der Waals surface area contributed by atoms with Crippen molar-refractivity contribution >= 4 is 0 Å². The number of hydrogen-bond donors (Lipinski definition) is 1. The van der Waals surface area contributed by atoms with Crippen LogP contribution in [0.25, 0.3) is 0 Å². The van der Waals surface area contributed by atoms with Gasteiger partial charge in [-0.3, -0.25) is 0 Å². The Morgan fingerprint density at radius 2 is 1.56 bits per heavy atom. The van der Waals surface area contributed by atoms with E-state index in [0.29, 0.717) is 6.04 Å². The van der Waals surface area contributed by atoms with E-state index >= 15 is 0 Å². The van der Waals surface area contributed by atoms with Crippen LogP contribution in [0.5, 0.6) is 0 Å². The molecule has 0 bridgehead atoms. The Morgan fingerprint density at radius 3 is 2.06 bits per heavy atom. The molecule has 0 saturated heterocycles. The summed E-state index contributed by atoms with van der Waals surface area (Å²) in [5.74, 6) is 1.67. The molecule has 2 rings (SSSR count). The van der Waals surface area contributed by atoms with E-state index in [1.54, 1.807) is 0 Å². The molecule has 0 amide bonds. The van der Waals surface area contributed by atoms with E-state index in [0.717, 1.165) is 11.8 Å². The van der Waals surface area contributed by atoms with Gasteiger partial charge in [-0.2, -0.15) is 0 Å². The molecule has 2 N–H and O–H groups in total. The molecule has 2 saturated carbocycles. The summed E-state index contributed by atoms with van der Waals surface area (Å²) in [6.45, 7) is 2.39. The van der Waals surface area contributed by atoms with Crippen molar-refractivity contribution < 1.29 is 0 Å². The van der Waals surface area contributed by atoms with Crippen LogP contribution in [0.15, 0.2) is 0 Å². The Balaban J connectivity index is 2.08. The van der Waals surface area contributed by atoms with Crippen molar-refractivity contribution in [3.8, 4) is 0 Å². The summed E-state index contributed by atoms with van der Waals surface area (Å²) in [6.07, 6.45) is 12.3. The van der Waals surface area contributed by atoms with Gasteiger partial charge in [-0.25, -0.2) is 0 Å². The van der Waals surface area contributed by atoms with E-state index in [-0.39, 0.29) is 5.54 Å². The van der Waals surface area contributed by atoms with Gasteiger partial charge in [-0.15, -0.1) is 0 Å². The van der Waals surface area contributed by atoms with Crippen LogP contribution in [-0.4, -0.2) is 30.6 Å². The van der Waals surface area contributed by atoms with Crippen molar-refractivity contribution in [3.63, 3.8) is 0 Å². The summed E-state index contributed by atoms with van der Waals surface area (Å²) in [7, 11) is 4.50. The standard InChI is InChI=1S/C16H32N2/c1-13-9-11-16(12-10-13,18(2)3)15(17)14-7-5-4-6-8-14/h13-15H,4-12,17H2,1-3H3. The Kier molecular flexibility index (Phi) is 4.71. The minimum atomic E-state index is 0.286. The fraction of sp³-hybridized carbons (Fsp3) is 1.00. The second-order valence-corrected chi connectivity index (χ2v) is 7.10. The molecule has 0 aromatic rings. The summed E-state index contributed by atoms with van der Waals surface area (Å²) in [4.78, 5) is 2.46. The van der Waals surface area contributed by atoms with Gasteiger partial charge in [-0.1, -0.05) is 26.2 Å². The molecule has 0 aromatic carbocycles. The summed E-state index contributed by atoms with van der Waals surface area (Å²) in [5.41, 5.74) is 7.05. The predicted molar refractivity (Wildman–Crippen MR) is 78.6 cm³/mol. The maximum Gasteiger partial charge on any atom is 0.0357 e. The third-order valence-electron chi connectivity index (χ3n) is 5.81. The molecule has 0 aromatic heterocycles. The minimum absolute atomic E-state index is 0.286. The molecule has 2 heteroatoms. The van der Waals surface area contributed by atoms with E-state index in [9.17, 15) is 0 Å². The van der Waals surface area contributed by atoms with Crippen LogP contribution in [0.1, 0.15) is 64.7 Å². The molecule has 1 atom stereocenters. The fourth-order valence-electron chi connectivity index (χ4n) is 4.27. The van der Waals surface area contributed by atoms with Crippen molar-refractivity contribution in [2.45, 2.75) is 76.3 Å².